The van der Waals surface area contributed by atoms with Crippen LogP contribution in [-0.4, -0.2) is 27.2 Å². The zero-order valence-corrected chi connectivity index (χ0v) is 15.3. The van der Waals surface area contributed by atoms with Gasteiger partial charge in [0.25, 0.3) is 5.91 Å². The molecule has 0 saturated carbocycles. The number of hydrogen-bond acceptors (Lipinski definition) is 4. The lowest BCUT2D eigenvalue weighted by Gasteiger charge is -2.12. The molecule has 1 amide bonds. The predicted molar refractivity (Wildman–Crippen MR) is 103 cm³/mol. The second-order valence-corrected chi connectivity index (χ2v) is 7.89. The quantitative estimate of drug-likeness (QED) is 0.740. The summed E-state index contributed by atoms with van der Waals surface area (Å²) < 4.78 is 28.7. The van der Waals surface area contributed by atoms with Crippen molar-refractivity contribution in [3.63, 3.8) is 0 Å². The van der Waals surface area contributed by atoms with Crippen LogP contribution in [-0.2, 0) is 9.84 Å². The molecule has 0 aliphatic carbocycles. The second kappa shape index (κ2) is 7.17. The summed E-state index contributed by atoms with van der Waals surface area (Å²) in [5, 5.41) is 4.72. The first-order valence-electron chi connectivity index (χ1n) is 8.15. The van der Waals surface area contributed by atoms with Gasteiger partial charge < -0.3 is 10.1 Å². The molecule has 0 radical (unpaired) electrons. The van der Waals surface area contributed by atoms with E-state index in [1.54, 1.807) is 18.2 Å². The zero-order chi connectivity index (χ0) is 18.7. The van der Waals surface area contributed by atoms with Gasteiger partial charge in [0.05, 0.1) is 17.1 Å². The third-order valence-corrected chi connectivity index (χ3v) is 5.06. The topological polar surface area (TPSA) is 72.5 Å². The van der Waals surface area contributed by atoms with Gasteiger partial charge in [-0.25, -0.2) is 8.42 Å². The number of carbonyl (C=O) groups is 1. The first-order valence-corrected chi connectivity index (χ1v) is 10.0. The molecule has 0 saturated heterocycles. The SMILES string of the molecule is CCOc1cc2ccccc2cc1C(=O)Nc1ccc(S(C)(=O)=O)cc1. The molecule has 134 valence electrons. The Morgan fingerprint density at radius 1 is 1.00 bits per heavy atom. The summed E-state index contributed by atoms with van der Waals surface area (Å²) in [5.74, 6) is 0.197. The van der Waals surface area contributed by atoms with Crippen LogP contribution < -0.4 is 10.1 Å². The molecule has 0 aliphatic heterocycles. The molecule has 0 bridgehead atoms. The third kappa shape index (κ3) is 3.86. The highest BCUT2D eigenvalue weighted by atomic mass is 32.2. The Labute approximate surface area is 152 Å². The molecular weight excluding hydrogens is 350 g/mol. The molecule has 6 heteroatoms. The van der Waals surface area contributed by atoms with E-state index in [4.69, 9.17) is 4.74 Å². The highest BCUT2D eigenvalue weighted by molar-refractivity contribution is 7.90. The number of anilines is 1. The maximum Gasteiger partial charge on any atom is 0.259 e. The molecule has 3 aromatic carbocycles. The van der Waals surface area contributed by atoms with Gasteiger partial charge in [0.2, 0.25) is 0 Å². The standard InChI is InChI=1S/C20H19NO4S/c1-3-25-19-13-15-7-5-4-6-14(15)12-18(19)20(22)21-16-8-10-17(11-9-16)26(2,23)24/h4-13H,3H2,1-2H3,(H,21,22). The summed E-state index contributed by atoms with van der Waals surface area (Å²) in [7, 11) is -3.27. The monoisotopic (exact) mass is 369 g/mol. The van der Waals surface area contributed by atoms with Crippen LogP contribution in [0.1, 0.15) is 17.3 Å². The fourth-order valence-corrected chi connectivity index (χ4v) is 3.29. The number of fused-ring (bicyclic) bond motifs is 1. The zero-order valence-electron chi connectivity index (χ0n) is 14.5. The molecule has 0 fully saturated rings. The van der Waals surface area contributed by atoms with E-state index in [9.17, 15) is 13.2 Å². The van der Waals surface area contributed by atoms with Gasteiger partial charge in [-0.1, -0.05) is 24.3 Å². The summed E-state index contributed by atoms with van der Waals surface area (Å²) in [4.78, 5) is 12.9. The summed E-state index contributed by atoms with van der Waals surface area (Å²) in [5.41, 5.74) is 0.941. The Kier molecular flexibility index (Phi) is 4.95. The fraction of sp³-hybridized carbons (Fsp3) is 0.150. The van der Waals surface area contributed by atoms with Gasteiger partial charge in [0.15, 0.2) is 9.84 Å². The minimum atomic E-state index is -3.27. The summed E-state index contributed by atoms with van der Waals surface area (Å²) in [6.45, 7) is 2.31. The highest BCUT2D eigenvalue weighted by Crippen LogP contribution is 2.27. The number of benzene rings is 3. The minimum Gasteiger partial charge on any atom is -0.493 e. The van der Waals surface area contributed by atoms with E-state index in [1.165, 1.54) is 12.1 Å². The Bertz CT molecular complexity index is 1060. The van der Waals surface area contributed by atoms with Gasteiger partial charge >= 0.3 is 0 Å². The second-order valence-electron chi connectivity index (χ2n) is 5.88. The van der Waals surface area contributed by atoms with Crippen molar-refractivity contribution in [3.05, 3.63) is 66.2 Å². The van der Waals surface area contributed by atoms with Gasteiger partial charge in [0.1, 0.15) is 5.75 Å². The van der Waals surface area contributed by atoms with E-state index in [2.05, 4.69) is 5.32 Å². The molecular formula is C20H19NO4S. The van der Waals surface area contributed by atoms with Crippen LogP contribution in [0.25, 0.3) is 10.8 Å². The van der Waals surface area contributed by atoms with E-state index in [0.29, 0.717) is 23.6 Å². The molecule has 0 atom stereocenters. The van der Waals surface area contributed by atoms with E-state index in [1.807, 2.05) is 37.3 Å². The van der Waals surface area contributed by atoms with Crippen LogP contribution in [0.15, 0.2) is 65.6 Å². The van der Waals surface area contributed by atoms with Crippen molar-refractivity contribution in [2.75, 3.05) is 18.2 Å². The Balaban J connectivity index is 1.92. The lowest BCUT2D eigenvalue weighted by molar-refractivity contribution is 0.102. The molecule has 3 rings (SSSR count). The molecule has 26 heavy (non-hydrogen) atoms. The van der Waals surface area contributed by atoms with Crippen LogP contribution in [0.3, 0.4) is 0 Å². The summed E-state index contributed by atoms with van der Waals surface area (Å²) >= 11 is 0. The van der Waals surface area contributed by atoms with Crippen LogP contribution in [0.4, 0.5) is 5.69 Å². The average Bonchev–Trinajstić information content (AvgIpc) is 2.61. The van der Waals surface area contributed by atoms with E-state index in [-0.39, 0.29) is 10.8 Å². The van der Waals surface area contributed by atoms with Crippen LogP contribution in [0.2, 0.25) is 0 Å². The molecule has 0 heterocycles. The van der Waals surface area contributed by atoms with Gasteiger partial charge in [-0.15, -0.1) is 0 Å². The number of sulfone groups is 1. The first kappa shape index (κ1) is 17.9. The predicted octanol–water partition coefficient (Wildman–Crippen LogP) is 3.89. The van der Waals surface area contributed by atoms with Crippen molar-refractivity contribution in [1.29, 1.82) is 0 Å². The van der Waals surface area contributed by atoms with Crippen molar-refractivity contribution in [3.8, 4) is 5.75 Å². The molecule has 0 aliphatic rings. The molecule has 0 aromatic heterocycles. The summed E-state index contributed by atoms with van der Waals surface area (Å²) in [6.07, 6.45) is 1.14. The largest absolute Gasteiger partial charge is 0.493 e. The number of ether oxygens (including phenoxy) is 1. The summed E-state index contributed by atoms with van der Waals surface area (Å²) in [6, 6.07) is 17.4. The van der Waals surface area contributed by atoms with Gasteiger partial charge in [-0.2, -0.15) is 0 Å². The van der Waals surface area contributed by atoms with Crippen molar-refractivity contribution in [2.24, 2.45) is 0 Å². The van der Waals surface area contributed by atoms with E-state index in [0.717, 1.165) is 17.0 Å². The van der Waals surface area contributed by atoms with Crippen LogP contribution in [0, 0.1) is 0 Å². The Morgan fingerprint density at radius 3 is 2.19 bits per heavy atom. The third-order valence-electron chi connectivity index (χ3n) is 3.93. The maximum atomic E-state index is 12.7. The van der Waals surface area contributed by atoms with E-state index < -0.39 is 9.84 Å². The van der Waals surface area contributed by atoms with Gasteiger partial charge in [-0.05, 0) is 54.1 Å². The van der Waals surface area contributed by atoms with E-state index >= 15 is 0 Å². The first-order chi connectivity index (χ1) is 12.4. The number of amides is 1. The molecule has 5 nitrogen and oxygen atoms in total. The molecule has 3 aromatic rings. The molecule has 1 N–H and O–H groups in total. The van der Waals surface area contributed by atoms with Crippen molar-refractivity contribution >= 4 is 32.2 Å². The number of nitrogens with one attached hydrogen (secondary N) is 1. The van der Waals surface area contributed by atoms with Crippen molar-refractivity contribution < 1.29 is 17.9 Å². The molecule has 0 unspecified atom stereocenters. The minimum absolute atomic E-state index is 0.205. The average molecular weight is 369 g/mol. The Hall–Kier alpha value is -2.86. The number of hydrogen-bond donors (Lipinski definition) is 1. The Morgan fingerprint density at radius 2 is 1.62 bits per heavy atom. The molecule has 0 spiro atoms. The van der Waals surface area contributed by atoms with Crippen LogP contribution in [0.5, 0.6) is 5.75 Å². The van der Waals surface area contributed by atoms with Gasteiger partial charge in [-0.3, -0.25) is 4.79 Å². The van der Waals surface area contributed by atoms with Gasteiger partial charge in [0, 0.05) is 11.9 Å². The van der Waals surface area contributed by atoms with Crippen LogP contribution >= 0.6 is 0 Å². The number of rotatable bonds is 5. The normalized spacial score (nSPS) is 11.3. The van der Waals surface area contributed by atoms with Crippen molar-refractivity contribution in [1.82, 2.24) is 0 Å². The fourth-order valence-electron chi connectivity index (χ4n) is 2.66. The maximum absolute atomic E-state index is 12.7. The van der Waals surface area contributed by atoms with Crippen molar-refractivity contribution in [2.45, 2.75) is 11.8 Å². The number of carbonyl (C=O) groups excluding carboxylic acids is 1. The smallest absolute Gasteiger partial charge is 0.259 e. The highest BCUT2D eigenvalue weighted by Gasteiger charge is 2.15. The lowest BCUT2D eigenvalue weighted by Crippen LogP contribution is -2.14. The lowest BCUT2D eigenvalue weighted by atomic mass is 10.1.